The zero-order valence-corrected chi connectivity index (χ0v) is 12.7. The topological polar surface area (TPSA) is 70.0 Å². The molecule has 0 fully saturated rings. The number of hydrogen-bond donors (Lipinski definition) is 1. The van der Waals surface area contributed by atoms with Crippen LogP contribution >= 0.6 is 0 Å². The quantitative estimate of drug-likeness (QED) is 0.680. The molecular weight excluding hydrogens is 288 g/mol. The van der Waals surface area contributed by atoms with Gasteiger partial charge in [-0.1, -0.05) is 54.1 Å². The Morgan fingerprint density at radius 1 is 1.09 bits per heavy atom. The Hall–Kier alpha value is -3.19. The Bertz CT molecular complexity index is 756. The van der Waals surface area contributed by atoms with Crippen molar-refractivity contribution in [2.45, 2.75) is 6.92 Å². The number of carbonyl (C=O) groups excluding carboxylic acids is 2. The molecule has 2 rings (SSSR count). The molecule has 0 heterocycles. The van der Waals surface area contributed by atoms with E-state index in [1.54, 1.807) is 24.3 Å². The van der Waals surface area contributed by atoms with Crippen molar-refractivity contribution < 1.29 is 9.59 Å². The maximum absolute atomic E-state index is 12.1. The van der Waals surface area contributed by atoms with Crippen LogP contribution in [0, 0.1) is 24.2 Å². The average Bonchev–Trinajstić information content (AvgIpc) is 2.57. The maximum atomic E-state index is 12.1. The van der Waals surface area contributed by atoms with Crippen molar-refractivity contribution in [1.29, 1.82) is 5.26 Å². The number of rotatable bonds is 5. The summed E-state index contributed by atoms with van der Waals surface area (Å²) in [7, 11) is 0. The predicted molar refractivity (Wildman–Crippen MR) is 89.4 cm³/mol. The SMILES string of the molecule is Cc1ccc(NC(=O)C(C#N)C(=O)C=Cc2ccccc2)cc1. The van der Waals surface area contributed by atoms with Crippen LogP contribution in [0.1, 0.15) is 11.1 Å². The number of allylic oxidation sites excluding steroid dienone is 1. The van der Waals surface area contributed by atoms with Crippen molar-refractivity contribution in [2.24, 2.45) is 5.92 Å². The van der Waals surface area contributed by atoms with Crippen LogP contribution in [-0.2, 0) is 9.59 Å². The fourth-order valence-corrected chi connectivity index (χ4v) is 1.94. The lowest BCUT2D eigenvalue weighted by Crippen LogP contribution is -2.27. The highest BCUT2D eigenvalue weighted by Crippen LogP contribution is 2.11. The molecule has 1 N–H and O–H groups in total. The highest BCUT2D eigenvalue weighted by atomic mass is 16.2. The molecule has 1 unspecified atom stereocenters. The second-order valence-electron chi connectivity index (χ2n) is 5.06. The molecule has 4 nitrogen and oxygen atoms in total. The van der Waals surface area contributed by atoms with Crippen LogP contribution in [0.4, 0.5) is 5.69 Å². The Balaban J connectivity index is 2.05. The Labute approximate surface area is 135 Å². The van der Waals surface area contributed by atoms with E-state index in [-0.39, 0.29) is 0 Å². The van der Waals surface area contributed by atoms with E-state index in [1.165, 1.54) is 6.08 Å². The molecule has 0 saturated heterocycles. The van der Waals surface area contributed by atoms with Gasteiger partial charge in [-0.2, -0.15) is 5.26 Å². The molecule has 2 aromatic rings. The van der Waals surface area contributed by atoms with Gasteiger partial charge >= 0.3 is 0 Å². The summed E-state index contributed by atoms with van der Waals surface area (Å²) in [5.74, 6) is -2.53. The van der Waals surface area contributed by atoms with Crippen LogP contribution < -0.4 is 5.32 Å². The third-order valence-corrected chi connectivity index (χ3v) is 3.23. The molecule has 0 aliphatic rings. The minimum Gasteiger partial charge on any atom is -0.325 e. The summed E-state index contributed by atoms with van der Waals surface area (Å²) in [6, 6.07) is 18.1. The van der Waals surface area contributed by atoms with Crippen LogP contribution in [0.3, 0.4) is 0 Å². The first-order chi connectivity index (χ1) is 11.1. The van der Waals surface area contributed by atoms with Crippen molar-refractivity contribution in [3.63, 3.8) is 0 Å². The maximum Gasteiger partial charge on any atom is 0.249 e. The third kappa shape index (κ3) is 4.65. The minimum atomic E-state index is -1.36. The van der Waals surface area contributed by atoms with Gasteiger partial charge in [-0.15, -0.1) is 0 Å². The molecule has 0 aliphatic heterocycles. The van der Waals surface area contributed by atoms with Crippen LogP contribution in [-0.4, -0.2) is 11.7 Å². The van der Waals surface area contributed by atoms with E-state index in [0.29, 0.717) is 5.69 Å². The smallest absolute Gasteiger partial charge is 0.249 e. The van der Waals surface area contributed by atoms with Crippen LogP contribution in [0.2, 0.25) is 0 Å². The fraction of sp³-hybridized carbons (Fsp3) is 0.105. The first kappa shape index (κ1) is 16.2. The highest BCUT2D eigenvalue weighted by Gasteiger charge is 2.24. The lowest BCUT2D eigenvalue weighted by atomic mass is 10.0. The number of amides is 1. The molecule has 0 saturated carbocycles. The van der Waals surface area contributed by atoms with Gasteiger partial charge in [0.1, 0.15) is 0 Å². The summed E-state index contributed by atoms with van der Waals surface area (Å²) >= 11 is 0. The monoisotopic (exact) mass is 304 g/mol. The van der Waals surface area contributed by atoms with E-state index in [2.05, 4.69) is 5.32 Å². The summed E-state index contributed by atoms with van der Waals surface area (Å²) < 4.78 is 0. The van der Waals surface area contributed by atoms with Crippen molar-refractivity contribution >= 4 is 23.5 Å². The van der Waals surface area contributed by atoms with Crippen LogP contribution in [0.25, 0.3) is 6.08 Å². The van der Waals surface area contributed by atoms with E-state index in [1.807, 2.05) is 49.4 Å². The number of anilines is 1. The number of benzene rings is 2. The summed E-state index contributed by atoms with van der Waals surface area (Å²) in [5.41, 5.74) is 2.44. The number of nitriles is 1. The van der Waals surface area contributed by atoms with Gasteiger partial charge in [-0.3, -0.25) is 9.59 Å². The van der Waals surface area contributed by atoms with Gasteiger partial charge in [0.25, 0.3) is 0 Å². The third-order valence-electron chi connectivity index (χ3n) is 3.23. The van der Waals surface area contributed by atoms with Gasteiger partial charge < -0.3 is 5.32 Å². The average molecular weight is 304 g/mol. The standard InChI is InChI=1S/C19H16N2O2/c1-14-7-10-16(11-8-14)21-19(23)17(13-20)18(22)12-9-15-5-3-2-4-6-15/h2-12,17H,1H3,(H,21,23). The van der Waals surface area contributed by atoms with E-state index < -0.39 is 17.6 Å². The lowest BCUT2D eigenvalue weighted by Gasteiger charge is -2.08. The largest absolute Gasteiger partial charge is 0.325 e. The Morgan fingerprint density at radius 3 is 2.35 bits per heavy atom. The van der Waals surface area contributed by atoms with E-state index in [4.69, 9.17) is 5.26 Å². The highest BCUT2D eigenvalue weighted by molar-refractivity contribution is 6.14. The summed E-state index contributed by atoms with van der Waals surface area (Å²) in [4.78, 5) is 24.2. The van der Waals surface area contributed by atoms with Gasteiger partial charge in [-0.25, -0.2) is 0 Å². The first-order valence-corrected chi connectivity index (χ1v) is 7.14. The van der Waals surface area contributed by atoms with E-state index in [9.17, 15) is 9.59 Å². The molecule has 0 bridgehead atoms. The molecular formula is C19H16N2O2. The van der Waals surface area contributed by atoms with Crippen molar-refractivity contribution in [3.05, 3.63) is 71.8 Å². The molecule has 2 aromatic carbocycles. The molecule has 114 valence electrons. The zero-order valence-electron chi connectivity index (χ0n) is 12.7. The van der Waals surface area contributed by atoms with Gasteiger partial charge in [0.2, 0.25) is 5.91 Å². The molecule has 1 amide bonds. The van der Waals surface area contributed by atoms with Gasteiger partial charge in [0, 0.05) is 5.69 Å². The molecule has 0 aromatic heterocycles. The minimum absolute atomic E-state index is 0.541. The number of carbonyl (C=O) groups is 2. The molecule has 0 spiro atoms. The summed E-state index contributed by atoms with van der Waals surface area (Å²) in [5, 5.41) is 11.7. The summed E-state index contributed by atoms with van der Waals surface area (Å²) in [6.07, 6.45) is 2.85. The summed E-state index contributed by atoms with van der Waals surface area (Å²) in [6.45, 7) is 1.93. The molecule has 4 heteroatoms. The van der Waals surface area contributed by atoms with Gasteiger partial charge in [-0.05, 0) is 30.7 Å². The number of ketones is 1. The Kier molecular flexibility index (Phi) is 5.43. The van der Waals surface area contributed by atoms with Gasteiger partial charge in [0.05, 0.1) is 6.07 Å². The molecule has 1 atom stereocenters. The second-order valence-corrected chi connectivity index (χ2v) is 5.06. The van der Waals surface area contributed by atoms with Crippen molar-refractivity contribution in [1.82, 2.24) is 0 Å². The van der Waals surface area contributed by atoms with Crippen molar-refractivity contribution in [2.75, 3.05) is 5.32 Å². The lowest BCUT2D eigenvalue weighted by molar-refractivity contribution is -0.126. The van der Waals surface area contributed by atoms with Crippen molar-refractivity contribution in [3.8, 4) is 6.07 Å². The zero-order chi connectivity index (χ0) is 16.7. The normalized spacial score (nSPS) is 11.7. The van der Waals surface area contributed by atoms with Crippen LogP contribution in [0.15, 0.2) is 60.7 Å². The van der Waals surface area contributed by atoms with E-state index >= 15 is 0 Å². The number of aryl methyl sites for hydroxylation is 1. The van der Waals surface area contributed by atoms with Gasteiger partial charge in [0.15, 0.2) is 11.7 Å². The van der Waals surface area contributed by atoms with Crippen LogP contribution in [0.5, 0.6) is 0 Å². The fourth-order valence-electron chi connectivity index (χ4n) is 1.94. The number of nitrogens with one attached hydrogen (secondary N) is 1. The van der Waals surface area contributed by atoms with E-state index in [0.717, 1.165) is 11.1 Å². The number of hydrogen-bond acceptors (Lipinski definition) is 3. The second kappa shape index (κ2) is 7.71. The Morgan fingerprint density at radius 2 is 1.74 bits per heavy atom. The molecule has 0 aliphatic carbocycles. The molecule has 23 heavy (non-hydrogen) atoms. The first-order valence-electron chi connectivity index (χ1n) is 7.14. The number of nitrogens with zero attached hydrogens (tertiary/aromatic N) is 1. The predicted octanol–water partition coefficient (Wildman–Crippen LogP) is 3.36. The molecule has 0 radical (unpaired) electrons.